The predicted octanol–water partition coefficient (Wildman–Crippen LogP) is 14.7. The zero-order valence-corrected chi connectivity index (χ0v) is 37.5. The van der Waals surface area contributed by atoms with Crippen LogP contribution in [0.3, 0.4) is 0 Å². The van der Waals surface area contributed by atoms with Crippen molar-refractivity contribution in [2.24, 2.45) is 0 Å². The van der Waals surface area contributed by atoms with Gasteiger partial charge < -0.3 is 0 Å². The molecule has 2 aromatic heterocycles. The van der Waals surface area contributed by atoms with E-state index in [-0.39, 0.29) is 7.25 Å². The molecule has 2 nitrogen and oxygen atoms in total. The molecule has 8 rings (SSSR count). The van der Waals surface area contributed by atoms with E-state index in [1.165, 1.54) is 66.8 Å². The summed E-state index contributed by atoms with van der Waals surface area (Å²) in [5.74, 6) is 3.46. The number of benzene rings is 4. The van der Waals surface area contributed by atoms with Crippen molar-refractivity contribution in [2.75, 3.05) is 0 Å². The van der Waals surface area contributed by atoms with Crippen LogP contribution in [0.25, 0.3) is 45.6 Å². The Morgan fingerprint density at radius 1 is 0.556 bits per heavy atom. The van der Waals surface area contributed by atoms with Gasteiger partial charge in [-0.25, -0.2) is 0 Å². The van der Waals surface area contributed by atoms with Crippen molar-refractivity contribution in [3.63, 3.8) is 0 Å². The number of rotatable bonds is 8. The topological polar surface area (TPSA) is 26.3 Å². The first kappa shape index (κ1) is 37.5. The Bertz CT molecular complexity index is 2450. The van der Waals surface area contributed by atoms with Crippen molar-refractivity contribution in [1.29, 1.82) is 0 Å². The number of allylic oxidation sites excluding steroid dienone is 2. The molecule has 0 spiro atoms. The van der Waals surface area contributed by atoms with E-state index in [2.05, 4.69) is 150 Å². The van der Waals surface area contributed by atoms with Gasteiger partial charge in [-0.3, -0.25) is 0 Å². The second-order valence-electron chi connectivity index (χ2n) is 15.6. The van der Waals surface area contributed by atoms with Crippen LogP contribution in [0.1, 0.15) is 88.6 Å². The van der Waals surface area contributed by atoms with Gasteiger partial charge in [0.15, 0.2) is 0 Å². The first-order chi connectivity index (χ1) is 25.9. The molecule has 2 aliphatic rings. The van der Waals surface area contributed by atoms with E-state index >= 15 is 0 Å². The Morgan fingerprint density at radius 2 is 0.963 bits per heavy atom. The van der Waals surface area contributed by atoms with Gasteiger partial charge in [0.2, 0.25) is 0 Å². The third-order valence-corrected chi connectivity index (χ3v) is 58.5. The SMILES string of the molecule is CCc1ccc2c(c1-c1ccccc1C)C=C(c1ccc(C)o1)[CH]2[Zr]([Cl])([Cl])([CH]1C(c2ccc(C)o2)=Cc2c1ccc(CC)c2-c1ccccc1C)=[Si](C)C. The van der Waals surface area contributed by atoms with Crippen molar-refractivity contribution < 1.29 is 23.8 Å². The standard InChI is InChI=1S/2C23H21O.C2H6Si.2ClH.Zr/c2*1-4-17-10-11-18-13-19(22-12-9-16(3)24-22)14-21(18)23(17)20-8-6-5-7-15(20)2;1-3-2;;;/h2*5-14H,4H2,1-3H3;1-2H3;2*1H;/q;;;;;+2/p-2. The second-order valence-corrected chi connectivity index (χ2v) is 54.4. The molecule has 2 unspecified atom stereocenters. The summed E-state index contributed by atoms with van der Waals surface area (Å²) in [7, 11) is 17.9. The average molecular weight is 847 g/mol. The fourth-order valence-corrected chi connectivity index (χ4v) is 37.1. The summed E-state index contributed by atoms with van der Waals surface area (Å²) >= 11 is -5.37. The monoisotopic (exact) mass is 844 g/mol. The minimum absolute atomic E-state index is 0.212. The van der Waals surface area contributed by atoms with Crippen LogP contribution in [0.15, 0.2) is 106 Å². The molecule has 54 heavy (non-hydrogen) atoms. The Labute approximate surface area is 328 Å². The second kappa shape index (κ2) is 14.0. The molecular formula is C48H48Cl2O2SiZr. The van der Waals surface area contributed by atoms with E-state index < -0.39 is 20.4 Å². The molecule has 274 valence electrons. The average Bonchev–Trinajstić information content (AvgIpc) is 3.96. The molecule has 0 saturated carbocycles. The van der Waals surface area contributed by atoms with E-state index in [1.807, 2.05) is 13.8 Å². The zero-order chi connectivity index (χ0) is 38.1. The Balaban J connectivity index is 1.49. The number of aryl methyl sites for hydroxylation is 6. The first-order valence-electron chi connectivity index (χ1n) is 19.2. The molecule has 2 aliphatic carbocycles. The van der Waals surface area contributed by atoms with Gasteiger partial charge in [-0.2, -0.15) is 0 Å². The van der Waals surface area contributed by atoms with E-state index in [9.17, 15) is 0 Å². The molecule has 4 aromatic carbocycles. The summed E-state index contributed by atoms with van der Waals surface area (Å²) in [4.78, 5) is 0. The van der Waals surface area contributed by atoms with Gasteiger partial charge in [0.25, 0.3) is 0 Å². The molecule has 0 N–H and O–H groups in total. The van der Waals surface area contributed by atoms with Crippen LogP contribution in [0, 0.1) is 27.7 Å². The Kier molecular flexibility index (Phi) is 9.70. The molecular weight excluding hydrogens is 799 g/mol. The summed E-state index contributed by atoms with van der Waals surface area (Å²) in [6.07, 6.45) is 6.61. The van der Waals surface area contributed by atoms with Crippen LogP contribution in [0.5, 0.6) is 0 Å². The van der Waals surface area contributed by atoms with E-state index in [0.717, 1.165) is 47.0 Å². The van der Waals surface area contributed by atoms with E-state index in [0.29, 0.717) is 0 Å². The van der Waals surface area contributed by atoms with Gasteiger partial charge in [0.1, 0.15) is 0 Å². The molecule has 0 amide bonds. The molecule has 0 aliphatic heterocycles. The van der Waals surface area contributed by atoms with Crippen LogP contribution in [-0.2, 0) is 27.9 Å². The van der Waals surface area contributed by atoms with Gasteiger partial charge in [-0.15, -0.1) is 0 Å². The van der Waals surface area contributed by atoms with Crippen LogP contribution >= 0.6 is 17.0 Å². The summed E-state index contributed by atoms with van der Waals surface area (Å²) in [6.45, 7) is 17.7. The van der Waals surface area contributed by atoms with Gasteiger partial charge in [-0.1, -0.05) is 0 Å². The molecule has 2 heterocycles. The molecule has 0 fully saturated rings. The van der Waals surface area contributed by atoms with Crippen LogP contribution in [0.2, 0.25) is 13.1 Å². The fourth-order valence-electron chi connectivity index (χ4n) is 9.41. The predicted molar refractivity (Wildman–Crippen MR) is 229 cm³/mol. The van der Waals surface area contributed by atoms with Crippen molar-refractivity contribution >= 4 is 45.8 Å². The molecule has 6 aromatic rings. The zero-order valence-electron chi connectivity index (χ0n) is 32.5. The molecule has 0 bridgehead atoms. The number of furan rings is 2. The third kappa shape index (κ3) is 5.73. The normalized spacial score (nSPS) is 16.6. The maximum atomic E-state index is 8.96. The van der Waals surface area contributed by atoms with Crippen molar-refractivity contribution in [3.05, 3.63) is 165 Å². The van der Waals surface area contributed by atoms with Gasteiger partial charge in [-0.05, 0) is 0 Å². The quantitative estimate of drug-likeness (QED) is 0.143. The number of hydrogen-bond donors (Lipinski definition) is 0. The van der Waals surface area contributed by atoms with Gasteiger partial charge in [0.05, 0.1) is 0 Å². The maximum absolute atomic E-state index is 8.96. The van der Waals surface area contributed by atoms with Crippen LogP contribution < -0.4 is 0 Å². The molecule has 0 saturated heterocycles. The minimum atomic E-state index is -5.37. The third-order valence-electron chi connectivity index (χ3n) is 12.2. The molecule has 6 heteroatoms. The van der Waals surface area contributed by atoms with Crippen LogP contribution in [0.4, 0.5) is 0 Å². The van der Waals surface area contributed by atoms with Crippen molar-refractivity contribution in [1.82, 2.24) is 0 Å². The van der Waals surface area contributed by atoms with E-state index in [1.54, 1.807) is 0 Å². The number of halogens is 2. The van der Waals surface area contributed by atoms with Gasteiger partial charge in [0, 0.05) is 0 Å². The summed E-state index contributed by atoms with van der Waals surface area (Å²) in [6, 6.07) is 35.2. The summed E-state index contributed by atoms with van der Waals surface area (Å²) in [5.41, 5.74) is 15.9. The Morgan fingerprint density at radius 3 is 1.30 bits per heavy atom. The first-order valence-corrected chi connectivity index (χ1v) is 34.6. The van der Waals surface area contributed by atoms with Crippen molar-refractivity contribution in [2.45, 2.75) is 74.7 Å². The summed E-state index contributed by atoms with van der Waals surface area (Å²) < 4.78 is 12.7. The van der Waals surface area contributed by atoms with Crippen molar-refractivity contribution in [3.8, 4) is 22.3 Å². The van der Waals surface area contributed by atoms with E-state index in [4.69, 9.17) is 25.9 Å². The van der Waals surface area contributed by atoms with Gasteiger partial charge >= 0.3 is 331 Å². The van der Waals surface area contributed by atoms with Crippen LogP contribution in [-0.4, -0.2) is 5.43 Å². The number of hydrogen-bond acceptors (Lipinski definition) is 2. The summed E-state index contributed by atoms with van der Waals surface area (Å²) in [5, 5.41) is 0. The Hall–Kier alpha value is -3.40. The molecule has 0 radical (unpaired) electrons. The number of fused-ring (bicyclic) bond motifs is 2. The fraction of sp³-hybridized carbons (Fsp3) is 0.250. The molecule has 2 atom stereocenters.